The molecule has 142 valence electrons. The minimum atomic E-state index is -0.391. The predicted octanol–water partition coefficient (Wildman–Crippen LogP) is 4.80. The zero-order valence-corrected chi connectivity index (χ0v) is 16.1. The van der Waals surface area contributed by atoms with Crippen LogP contribution in [0.3, 0.4) is 0 Å². The zero-order chi connectivity index (χ0) is 19.8. The minimum absolute atomic E-state index is 0.284. The molecule has 0 amide bonds. The minimum Gasteiger partial charge on any atom is -0.426 e. The van der Waals surface area contributed by atoms with Crippen LogP contribution in [0.15, 0.2) is 51.7 Å². The lowest BCUT2D eigenvalue weighted by atomic mass is 9.99. The van der Waals surface area contributed by atoms with Gasteiger partial charge in [0.05, 0.1) is 0 Å². The highest BCUT2D eigenvalue weighted by Crippen LogP contribution is 2.32. The molecule has 2 aromatic carbocycles. The van der Waals surface area contributed by atoms with E-state index in [0.29, 0.717) is 17.8 Å². The van der Waals surface area contributed by atoms with Crippen molar-refractivity contribution < 1.29 is 13.9 Å². The molecule has 0 fully saturated rings. The molecule has 2 aromatic heterocycles. The second kappa shape index (κ2) is 7.00. The van der Waals surface area contributed by atoms with Gasteiger partial charge in [-0.05, 0) is 43.2 Å². The SMILES string of the molecule is CCC(=O)Oc1cc2c(C)cc(=O)oc2cc1Cc1c(C)[nH]c2ccccc12. The second-order valence-electron chi connectivity index (χ2n) is 6.98. The Labute approximate surface area is 161 Å². The van der Waals surface area contributed by atoms with Crippen molar-refractivity contribution in [2.24, 2.45) is 0 Å². The van der Waals surface area contributed by atoms with Gasteiger partial charge in [-0.25, -0.2) is 4.79 Å². The summed E-state index contributed by atoms with van der Waals surface area (Å²) in [4.78, 5) is 27.2. The van der Waals surface area contributed by atoms with Crippen molar-refractivity contribution in [1.29, 1.82) is 0 Å². The molecule has 0 atom stereocenters. The summed E-state index contributed by atoms with van der Waals surface area (Å²) in [7, 11) is 0. The molecule has 2 heterocycles. The number of benzene rings is 2. The number of fused-ring (bicyclic) bond motifs is 2. The van der Waals surface area contributed by atoms with Crippen LogP contribution in [0.4, 0.5) is 0 Å². The summed E-state index contributed by atoms with van der Waals surface area (Å²) in [5, 5.41) is 1.89. The number of H-pyrrole nitrogens is 1. The van der Waals surface area contributed by atoms with Crippen LogP contribution in [0.5, 0.6) is 5.75 Å². The Morgan fingerprint density at radius 2 is 1.89 bits per heavy atom. The van der Waals surface area contributed by atoms with Crippen LogP contribution in [-0.2, 0) is 11.2 Å². The van der Waals surface area contributed by atoms with E-state index < -0.39 is 5.63 Å². The molecule has 0 saturated carbocycles. The van der Waals surface area contributed by atoms with Crippen LogP contribution >= 0.6 is 0 Å². The van der Waals surface area contributed by atoms with E-state index >= 15 is 0 Å². The molecule has 4 rings (SSSR count). The van der Waals surface area contributed by atoms with E-state index in [1.807, 2.05) is 38.1 Å². The van der Waals surface area contributed by atoms with Gasteiger partial charge >= 0.3 is 11.6 Å². The van der Waals surface area contributed by atoms with Crippen LogP contribution in [0.1, 0.15) is 35.7 Å². The van der Waals surface area contributed by atoms with Crippen molar-refractivity contribution in [1.82, 2.24) is 4.98 Å². The molecule has 28 heavy (non-hydrogen) atoms. The highest BCUT2D eigenvalue weighted by Gasteiger charge is 2.16. The van der Waals surface area contributed by atoms with Crippen LogP contribution < -0.4 is 10.4 Å². The van der Waals surface area contributed by atoms with Gasteiger partial charge in [0.1, 0.15) is 11.3 Å². The summed E-state index contributed by atoms with van der Waals surface area (Å²) in [6.45, 7) is 5.63. The summed E-state index contributed by atoms with van der Waals surface area (Å²) in [5.41, 5.74) is 4.93. The number of aromatic nitrogens is 1. The normalized spacial score (nSPS) is 11.2. The molecule has 0 radical (unpaired) electrons. The Hall–Kier alpha value is -3.34. The molecule has 0 spiro atoms. The summed E-state index contributed by atoms with van der Waals surface area (Å²) in [5.74, 6) is 0.201. The van der Waals surface area contributed by atoms with Gasteiger partial charge in [-0.3, -0.25) is 4.79 Å². The third-order valence-corrected chi connectivity index (χ3v) is 5.04. The molecule has 1 N–H and O–H groups in total. The maximum Gasteiger partial charge on any atom is 0.336 e. The Balaban J connectivity index is 1.90. The fourth-order valence-electron chi connectivity index (χ4n) is 3.57. The van der Waals surface area contributed by atoms with Crippen LogP contribution in [0, 0.1) is 13.8 Å². The van der Waals surface area contributed by atoms with Gasteiger partial charge in [0.2, 0.25) is 0 Å². The first-order valence-corrected chi connectivity index (χ1v) is 9.30. The monoisotopic (exact) mass is 375 g/mol. The number of hydrogen-bond donors (Lipinski definition) is 1. The number of rotatable bonds is 4. The van der Waals surface area contributed by atoms with Gasteiger partial charge in [0, 0.05) is 46.5 Å². The number of nitrogens with one attached hydrogen (secondary N) is 1. The number of carbonyl (C=O) groups is 1. The number of aromatic amines is 1. The van der Waals surface area contributed by atoms with E-state index in [0.717, 1.165) is 38.7 Å². The van der Waals surface area contributed by atoms with Crippen molar-refractivity contribution >= 4 is 27.8 Å². The Morgan fingerprint density at radius 1 is 1.11 bits per heavy atom. The largest absolute Gasteiger partial charge is 0.426 e. The second-order valence-corrected chi connectivity index (χ2v) is 6.98. The van der Waals surface area contributed by atoms with Crippen molar-refractivity contribution in [3.8, 4) is 5.75 Å². The number of ether oxygens (including phenoxy) is 1. The van der Waals surface area contributed by atoms with E-state index in [1.165, 1.54) is 6.07 Å². The van der Waals surface area contributed by atoms with Gasteiger partial charge in [-0.15, -0.1) is 0 Å². The molecular formula is C23H21NO4. The van der Waals surface area contributed by atoms with Gasteiger partial charge in [-0.1, -0.05) is 25.1 Å². The summed E-state index contributed by atoms with van der Waals surface area (Å²) in [6, 6.07) is 13.1. The molecule has 5 nitrogen and oxygen atoms in total. The molecule has 0 aliphatic rings. The average Bonchev–Trinajstić information content (AvgIpc) is 2.98. The average molecular weight is 375 g/mol. The molecule has 0 aliphatic carbocycles. The summed E-state index contributed by atoms with van der Waals surface area (Å²) < 4.78 is 11.0. The fourth-order valence-corrected chi connectivity index (χ4v) is 3.57. The van der Waals surface area contributed by atoms with Gasteiger partial charge < -0.3 is 14.1 Å². The zero-order valence-electron chi connectivity index (χ0n) is 16.1. The first-order chi connectivity index (χ1) is 13.5. The lowest BCUT2D eigenvalue weighted by molar-refractivity contribution is -0.134. The van der Waals surface area contributed by atoms with Gasteiger partial charge in [0.25, 0.3) is 0 Å². The molecule has 5 heteroatoms. The Bertz CT molecular complexity index is 1260. The third-order valence-electron chi connectivity index (χ3n) is 5.04. The number of para-hydroxylation sites is 1. The smallest absolute Gasteiger partial charge is 0.336 e. The van der Waals surface area contributed by atoms with E-state index in [4.69, 9.17) is 9.15 Å². The number of aryl methyl sites for hydroxylation is 2. The molecule has 0 bridgehead atoms. The quantitative estimate of drug-likeness (QED) is 0.316. The lowest BCUT2D eigenvalue weighted by Crippen LogP contribution is -2.08. The maximum absolute atomic E-state index is 12.0. The van der Waals surface area contributed by atoms with Gasteiger partial charge in [0.15, 0.2) is 0 Å². The first-order valence-electron chi connectivity index (χ1n) is 9.30. The standard InChI is InChI=1S/C23H21NO4/c1-4-22(25)27-20-12-17-13(2)9-23(26)28-21(17)11-15(20)10-18-14(3)24-19-8-6-5-7-16(18)19/h5-9,11-12,24H,4,10H2,1-3H3. The maximum atomic E-state index is 12.0. The van der Waals surface area contributed by atoms with Gasteiger partial charge in [-0.2, -0.15) is 0 Å². The van der Waals surface area contributed by atoms with Crippen molar-refractivity contribution in [2.75, 3.05) is 0 Å². The van der Waals surface area contributed by atoms with Crippen LogP contribution in [0.25, 0.3) is 21.9 Å². The predicted molar refractivity (Wildman–Crippen MR) is 109 cm³/mol. The van der Waals surface area contributed by atoms with Crippen LogP contribution in [0.2, 0.25) is 0 Å². The molecule has 0 aliphatic heterocycles. The summed E-state index contributed by atoms with van der Waals surface area (Å²) in [6.07, 6.45) is 0.836. The third kappa shape index (κ3) is 3.20. The first kappa shape index (κ1) is 18.0. The van der Waals surface area contributed by atoms with E-state index in [1.54, 1.807) is 13.0 Å². The fraction of sp³-hybridized carbons (Fsp3) is 0.217. The van der Waals surface area contributed by atoms with Crippen molar-refractivity contribution in [3.63, 3.8) is 0 Å². The van der Waals surface area contributed by atoms with E-state index in [2.05, 4.69) is 11.1 Å². The van der Waals surface area contributed by atoms with E-state index in [9.17, 15) is 9.59 Å². The number of hydrogen-bond acceptors (Lipinski definition) is 4. The number of carbonyl (C=O) groups excluding carboxylic acids is 1. The highest BCUT2D eigenvalue weighted by molar-refractivity contribution is 5.87. The van der Waals surface area contributed by atoms with Crippen molar-refractivity contribution in [2.45, 2.75) is 33.6 Å². The van der Waals surface area contributed by atoms with Crippen molar-refractivity contribution in [3.05, 3.63) is 75.3 Å². The number of esters is 1. The Morgan fingerprint density at radius 3 is 2.68 bits per heavy atom. The van der Waals surface area contributed by atoms with E-state index in [-0.39, 0.29) is 12.4 Å². The lowest BCUT2D eigenvalue weighted by Gasteiger charge is -2.12. The topological polar surface area (TPSA) is 72.3 Å². The molecule has 0 saturated heterocycles. The molecule has 4 aromatic rings. The Kier molecular flexibility index (Phi) is 4.51. The molecular weight excluding hydrogens is 354 g/mol. The highest BCUT2D eigenvalue weighted by atomic mass is 16.5. The van der Waals surface area contributed by atoms with Crippen LogP contribution in [-0.4, -0.2) is 11.0 Å². The molecule has 0 unspecified atom stereocenters. The summed E-state index contributed by atoms with van der Waals surface area (Å²) >= 11 is 0.